The fourth-order valence-electron chi connectivity index (χ4n) is 7.04. The van der Waals surface area contributed by atoms with E-state index in [0.717, 1.165) is 92.9 Å². The van der Waals surface area contributed by atoms with Crippen molar-refractivity contribution in [1.82, 2.24) is 59.9 Å². The molecule has 22 nitrogen and oxygen atoms in total. The fourth-order valence-corrected chi connectivity index (χ4v) is 9.66. The van der Waals surface area contributed by atoms with E-state index >= 15 is 0 Å². The Hall–Kier alpha value is -7.52. The van der Waals surface area contributed by atoms with E-state index in [1.165, 1.54) is 23.5 Å². The average Bonchev–Trinajstić information content (AvgIpc) is 4.24. The van der Waals surface area contributed by atoms with Crippen molar-refractivity contribution in [3.05, 3.63) is 114 Å². The second-order valence-electron chi connectivity index (χ2n) is 16.8. The smallest absolute Gasteiger partial charge is 0.316 e. The largest absolute Gasteiger partial charge is 0.481 e. The number of carbonyl (C=O) groups is 4. The molecule has 9 rings (SSSR count). The lowest BCUT2D eigenvalue weighted by Gasteiger charge is -2.30. The monoisotopic (exact) mass is 1120 g/mol. The summed E-state index contributed by atoms with van der Waals surface area (Å²) in [6, 6.07) is 31.9. The first kappa shape index (κ1) is 58.7. The van der Waals surface area contributed by atoms with Crippen LogP contribution in [0.25, 0.3) is 45.6 Å². The number of hydrogen-bond acceptors (Lipinski definition) is 18. The Labute approximate surface area is 460 Å². The van der Waals surface area contributed by atoms with Gasteiger partial charge in [-0.05, 0) is 58.0 Å². The van der Waals surface area contributed by atoms with Gasteiger partial charge in [0.2, 0.25) is 10.3 Å². The molecule has 0 aliphatic carbocycles. The highest BCUT2D eigenvalue weighted by molar-refractivity contribution is 8.00. The summed E-state index contributed by atoms with van der Waals surface area (Å²) in [4.78, 5) is 53.3. The van der Waals surface area contributed by atoms with Crippen molar-refractivity contribution in [1.29, 1.82) is 0 Å². The molecule has 5 heterocycles. The molecule has 6 N–H and O–H groups in total. The quantitative estimate of drug-likeness (QED) is 0.0441. The first-order chi connectivity index (χ1) is 36.9. The number of ether oxygens (including phenoxy) is 1. The van der Waals surface area contributed by atoms with Crippen molar-refractivity contribution in [2.45, 2.75) is 60.0 Å². The molecule has 1 aliphatic rings. The zero-order valence-electron chi connectivity index (χ0n) is 42.9. The number of thioether (sulfide) groups is 4. The van der Waals surface area contributed by atoms with Gasteiger partial charge in [0.05, 0.1) is 31.1 Å². The van der Waals surface area contributed by atoms with Gasteiger partial charge in [0.15, 0.2) is 33.6 Å². The Morgan fingerprint density at radius 2 is 1.12 bits per heavy atom. The Morgan fingerprint density at radius 3 is 1.69 bits per heavy atom. The number of rotatable bonds is 18. The van der Waals surface area contributed by atoms with Crippen LogP contribution >= 0.6 is 47.0 Å². The Morgan fingerprint density at radius 1 is 0.610 bits per heavy atom. The molecule has 0 spiro atoms. The van der Waals surface area contributed by atoms with E-state index in [-0.39, 0.29) is 17.9 Å². The SMILES string of the molecule is Cc1cccc(-c2nc(SCCC(=O)O)n[nH]2)c1.Cc1cccc(-c2nnc(SC(C)C(=O)O)n2C)c1.Cc1cccc(-c2nnc(SCC(=O)O)n2C)c1.O=C(O)CSc1n[nH]c(-c2ccccc2N2CCOCC2)n1. The van der Waals surface area contributed by atoms with Crippen molar-refractivity contribution in [3.8, 4) is 45.6 Å². The van der Waals surface area contributed by atoms with Crippen LogP contribution in [-0.2, 0) is 38.0 Å². The Balaban J connectivity index is 0.000000167. The number of aryl methyl sites for hydroxylation is 3. The molecule has 4 aromatic heterocycles. The summed E-state index contributed by atoms with van der Waals surface area (Å²) in [7, 11) is 3.68. The van der Waals surface area contributed by atoms with Crippen LogP contribution in [0.2, 0.25) is 0 Å². The number of aromatic nitrogens is 12. The number of aliphatic carboxylic acids is 4. The van der Waals surface area contributed by atoms with Crippen LogP contribution < -0.4 is 4.90 Å². The number of nitrogens with zero attached hydrogens (tertiary/aromatic N) is 11. The average molecular weight is 1120 g/mol. The number of morpholine rings is 1. The van der Waals surface area contributed by atoms with Crippen LogP contribution in [0.4, 0.5) is 5.69 Å². The van der Waals surface area contributed by atoms with Gasteiger partial charge < -0.3 is 39.2 Å². The maximum absolute atomic E-state index is 10.9. The number of anilines is 1. The molecule has 8 aromatic rings. The predicted octanol–water partition coefficient (Wildman–Crippen LogP) is 8.15. The van der Waals surface area contributed by atoms with E-state index in [1.807, 2.05) is 141 Å². The molecular formula is C51H57N13O9S4. The van der Waals surface area contributed by atoms with Crippen molar-refractivity contribution >= 4 is 76.6 Å². The molecule has 0 bridgehead atoms. The number of aromatic amines is 2. The zero-order valence-corrected chi connectivity index (χ0v) is 46.1. The minimum absolute atomic E-state index is 0.0141. The minimum Gasteiger partial charge on any atom is -0.481 e. The molecule has 1 unspecified atom stereocenters. The van der Waals surface area contributed by atoms with Crippen LogP contribution in [0, 0.1) is 20.8 Å². The van der Waals surface area contributed by atoms with E-state index in [0.29, 0.717) is 51.2 Å². The van der Waals surface area contributed by atoms with Gasteiger partial charge in [-0.1, -0.05) is 130 Å². The lowest BCUT2D eigenvalue weighted by Crippen LogP contribution is -2.36. The van der Waals surface area contributed by atoms with Crippen molar-refractivity contribution in [3.63, 3.8) is 0 Å². The maximum atomic E-state index is 10.9. The minimum atomic E-state index is -0.884. The zero-order chi connectivity index (χ0) is 55.4. The van der Waals surface area contributed by atoms with Gasteiger partial charge in [-0.2, -0.15) is 0 Å². The van der Waals surface area contributed by atoms with Gasteiger partial charge in [0, 0.05) is 60.9 Å². The predicted molar refractivity (Wildman–Crippen MR) is 296 cm³/mol. The molecule has 1 fully saturated rings. The topological polar surface area (TPSA) is 306 Å². The van der Waals surface area contributed by atoms with Gasteiger partial charge in [-0.25, -0.2) is 9.97 Å². The molecule has 0 radical (unpaired) electrons. The van der Waals surface area contributed by atoms with Gasteiger partial charge in [0.25, 0.3) is 0 Å². The third-order valence-corrected chi connectivity index (χ3v) is 14.6. The van der Waals surface area contributed by atoms with E-state index in [4.69, 9.17) is 25.2 Å². The van der Waals surface area contributed by atoms with E-state index < -0.39 is 29.1 Å². The summed E-state index contributed by atoms with van der Waals surface area (Å²) in [6.07, 6.45) is 0.110. The first-order valence-corrected chi connectivity index (χ1v) is 27.5. The number of H-pyrrole nitrogens is 2. The molecule has 1 saturated heterocycles. The van der Waals surface area contributed by atoms with Crippen molar-refractivity contribution < 1.29 is 44.3 Å². The number of nitrogens with one attached hydrogen (secondary N) is 2. The lowest BCUT2D eigenvalue weighted by atomic mass is 10.1. The number of carboxylic acid groups (broad SMARTS) is 4. The van der Waals surface area contributed by atoms with Crippen molar-refractivity contribution in [2.75, 3.05) is 48.5 Å². The first-order valence-electron chi connectivity index (χ1n) is 23.7. The molecular weight excluding hydrogens is 1070 g/mol. The molecule has 4 aromatic carbocycles. The summed E-state index contributed by atoms with van der Waals surface area (Å²) in [5, 5.41) is 66.7. The summed E-state index contributed by atoms with van der Waals surface area (Å²) >= 11 is 4.79. The molecule has 404 valence electrons. The van der Waals surface area contributed by atoms with Crippen LogP contribution in [0.15, 0.2) is 118 Å². The summed E-state index contributed by atoms with van der Waals surface area (Å²) in [6.45, 7) is 10.8. The highest BCUT2D eigenvalue weighted by Gasteiger charge is 2.20. The van der Waals surface area contributed by atoms with E-state index in [9.17, 15) is 19.2 Å². The van der Waals surface area contributed by atoms with Gasteiger partial charge >= 0.3 is 23.9 Å². The standard InChI is InChI=1S/C14H16N4O3S.C13H15N3O2S.2C12H13N3O2S/c19-12(20)9-22-14-15-13(16-17-14)10-3-1-2-4-11(10)18-5-7-21-8-6-18;1-8-5-4-6-10(7-8)11-14-15-13(16(11)3)19-9(2)12(17)18;1-8-4-3-5-9(6-8)11-13-14-12(15(11)2)18-7-10(16)17;1-8-3-2-4-9(7-8)11-13-12(15-14-11)18-6-5-10(16)17/h1-4H,5-9H2,(H,19,20)(H,15,16,17);4-7,9H,1-3H3,(H,17,18);3-6H,7H2,1-2H3,(H,16,17);2-4,7H,5-6H2,1H3,(H,16,17)(H,13,14,15). The highest BCUT2D eigenvalue weighted by Crippen LogP contribution is 2.31. The highest BCUT2D eigenvalue weighted by atomic mass is 32.2. The van der Waals surface area contributed by atoms with Crippen molar-refractivity contribution in [2.24, 2.45) is 14.1 Å². The normalized spacial score (nSPS) is 12.3. The molecule has 77 heavy (non-hydrogen) atoms. The Kier molecular flexibility index (Phi) is 22.2. The molecule has 26 heteroatoms. The van der Waals surface area contributed by atoms with Gasteiger partial charge in [0.1, 0.15) is 5.25 Å². The van der Waals surface area contributed by atoms with E-state index in [1.54, 1.807) is 6.92 Å². The third-order valence-electron chi connectivity index (χ3n) is 10.8. The summed E-state index contributed by atoms with van der Waals surface area (Å²) in [5.41, 5.74) is 8.42. The second kappa shape index (κ2) is 29.1. The summed E-state index contributed by atoms with van der Waals surface area (Å²) in [5.74, 6) is -0.170. The number of hydrogen-bond donors (Lipinski definition) is 6. The molecule has 1 atom stereocenters. The van der Waals surface area contributed by atoms with Crippen LogP contribution in [0.3, 0.4) is 0 Å². The van der Waals surface area contributed by atoms with Crippen LogP contribution in [0.1, 0.15) is 30.0 Å². The lowest BCUT2D eigenvalue weighted by molar-refractivity contribution is -0.137. The number of para-hydroxylation sites is 1. The third kappa shape index (κ3) is 18.1. The number of benzene rings is 4. The van der Waals surface area contributed by atoms with E-state index in [2.05, 4.69) is 55.7 Å². The fraction of sp³-hybridized carbons (Fsp3) is 0.294. The van der Waals surface area contributed by atoms with Crippen LogP contribution in [-0.4, -0.2) is 153 Å². The Bertz CT molecular complexity index is 3250. The van der Waals surface area contributed by atoms with Gasteiger partial charge in [-0.15, -0.1) is 30.6 Å². The second-order valence-corrected chi connectivity index (χ2v) is 21.1. The van der Waals surface area contributed by atoms with Gasteiger partial charge in [-0.3, -0.25) is 29.4 Å². The summed E-state index contributed by atoms with van der Waals surface area (Å²) < 4.78 is 9.02. The molecule has 0 amide bonds. The molecule has 0 saturated carbocycles. The van der Waals surface area contributed by atoms with Crippen LogP contribution in [0.5, 0.6) is 0 Å². The maximum Gasteiger partial charge on any atom is 0.316 e. The number of carboxylic acids is 4. The molecule has 1 aliphatic heterocycles.